The number of nitrogens with two attached hydrogens (primary N) is 1. The molecule has 1 aliphatic rings. The Kier molecular flexibility index (Phi) is 4.15. The maximum atomic E-state index is 5.33. The van der Waals surface area contributed by atoms with E-state index >= 15 is 0 Å². The molecule has 0 aromatic carbocycles. The van der Waals surface area contributed by atoms with Gasteiger partial charge in [0.1, 0.15) is 0 Å². The summed E-state index contributed by atoms with van der Waals surface area (Å²) >= 11 is 1.65. The van der Waals surface area contributed by atoms with Crippen LogP contribution in [-0.2, 0) is 6.54 Å². The van der Waals surface area contributed by atoms with Crippen LogP contribution in [0.3, 0.4) is 0 Å². The highest BCUT2D eigenvalue weighted by Crippen LogP contribution is 2.26. The van der Waals surface area contributed by atoms with Crippen LogP contribution in [0.4, 0.5) is 5.13 Å². The molecule has 0 bridgehead atoms. The molecule has 1 saturated carbocycles. The molecule has 90 valence electrons. The summed E-state index contributed by atoms with van der Waals surface area (Å²) in [6, 6.07) is 0.779. The highest BCUT2D eigenvalue weighted by molar-refractivity contribution is 7.15. The third-order valence-electron chi connectivity index (χ3n) is 3.28. The average Bonchev–Trinajstić information content (AvgIpc) is 2.96. The van der Waals surface area contributed by atoms with Crippen molar-refractivity contribution < 1.29 is 0 Å². The van der Waals surface area contributed by atoms with Crippen molar-refractivity contribution in [1.82, 2.24) is 9.88 Å². The molecule has 1 aromatic rings. The summed E-state index contributed by atoms with van der Waals surface area (Å²) in [5, 5.41) is 0.803. The van der Waals surface area contributed by atoms with Crippen LogP contribution in [0.15, 0.2) is 6.20 Å². The first-order valence-electron chi connectivity index (χ1n) is 5.99. The van der Waals surface area contributed by atoms with Crippen LogP contribution in [0.2, 0.25) is 0 Å². The van der Waals surface area contributed by atoms with E-state index in [4.69, 9.17) is 5.84 Å². The van der Waals surface area contributed by atoms with Crippen molar-refractivity contribution in [3.8, 4) is 0 Å². The predicted octanol–water partition coefficient (Wildman–Crippen LogP) is 2.19. The molecule has 0 atom stereocenters. The zero-order valence-electron chi connectivity index (χ0n) is 9.78. The molecule has 0 amide bonds. The van der Waals surface area contributed by atoms with Crippen LogP contribution in [0.5, 0.6) is 0 Å². The van der Waals surface area contributed by atoms with Crippen molar-refractivity contribution >= 4 is 16.5 Å². The second-order valence-electron chi connectivity index (χ2n) is 4.28. The fraction of sp³-hybridized carbons (Fsp3) is 0.727. The van der Waals surface area contributed by atoms with Crippen LogP contribution in [0.1, 0.15) is 37.5 Å². The summed E-state index contributed by atoms with van der Waals surface area (Å²) in [6.45, 7) is 4.37. The zero-order valence-corrected chi connectivity index (χ0v) is 10.6. The minimum Gasteiger partial charge on any atom is -0.300 e. The van der Waals surface area contributed by atoms with Crippen molar-refractivity contribution in [2.45, 2.75) is 45.2 Å². The van der Waals surface area contributed by atoms with E-state index in [9.17, 15) is 0 Å². The largest absolute Gasteiger partial charge is 0.300 e. The Hall–Kier alpha value is -0.650. The van der Waals surface area contributed by atoms with E-state index in [1.807, 2.05) is 6.20 Å². The zero-order chi connectivity index (χ0) is 11.4. The fourth-order valence-electron chi connectivity index (χ4n) is 2.42. The van der Waals surface area contributed by atoms with Crippen LogP contribution in [0, 0.1) is 0 Å². The fourth-order valence-corrected chi connectivity index (χ4v) is 3.16. The normalized spacial score (nSPS) is 17.2. The molecule has 2 rings (SSSR count). The Bertz CT molecular complexity index is 320. The molecule has 1 aliphatic carbocycles. The molecule has 0 unspecified atom stereocenters. The van der Waals surface area contributed by atoms with Crippen molar-refractivity contribution in [3.05, 3.63) is 11.1 Å². The number of nitrogens with zero attached hydrogens (tertiary/aromatic N) is 2. The van der Waals surface area contributed by atoms with Gasteiger partial charge in [0.15, 0.2) is 5.13 Å². The lowest BCUT2D eigenvalue weighted by atomic mass is 10.2. The molecule has 3 N–H and O–H groups in total. The van der Waals surface area contributed by atoms with Gasteiger partial charge in [-0.15, -0.1) is 0 Å². The summed E-state index contributed by atoms with van der Waals surface area (Å²) in [7, 11) is 0. The van der Waals surface area contributed by atoms with Gasteiger partial charge in [-0.2, -0.15) is 0 Å². The van der Waals surface area contributed by atoms with Crippen molar-refractivity contribution in [1.29, 1.82) is 0 Å². The number of aromatic nitrogens is 1. The monoisotopic (exact) mass is 240 g/mol. The van der Waals surface area contributed by atoms with E-state index in [1.165, 1.54) is 30.6 Å². The summed E-state index contributed by atoms with van der Waals surface area (Å²) < 4.78 is 0. The predicted molar refractivity (Wildman–Crippen MR) is 68.3 cm³/mol. The van der Waals surface area contributed by atoms with E-state index in [2.05, 4.69) is 22.2 Å². The van der Waals surface area contributed by atoms with Gasteiger partial charge < -0.3 is 0 Å². The minimum absolute atomic E-state index is 0.779. The number of hydrogen-bond donors (Lipinski definition) is 2. The second kappa shape index (κ2) is 5.61. The van der Waals surface area contributed by atoms with Gasteiger partial charge in [0.05, 0.1) is 0 Å². The van der Waals surface area contributed by atoms with E-state index in [1.54, 1.807) is 11.3 Å². The van der Waals surface area contributed by atoms with Gasteiger partial charge in [0.2, 0.25) is 0 Å². The Labute approximate surface area is 101 Å². The summed E-state index contributed by atoms with van der Waals surface area (Å²) in [6.07, 6.45) is 7.42. The molecule has 1 aromatic heterocycles. The number of hydrogen-bond acceptors (Lipinski definition) is 5. The third-order valence-corrected chi connectivity index (χ3v) is 4.20. The Morgan fingerprint density at radius 3 is 2.88 bits per heavy atom. The molecule has 0 aliphatic heterocycles. The lowest BCUT2D eigenvalue weighted by Gasteiger charge is -2.26. The van der Waals surface area contributed by atoms with E-state index < -0.39 is 0 Å². The molecule has 0 saturated heterocycles. The first kappa shape index (κ1) is 11.8. The topological polar surface area (TPSA) is 54.2 Å². The molecule has 1 fully saturated rings. The number of nitrogen functional groups attached to an aromatic ring is 1. The lowest BCUT2D eigenvalue weighted by molar-refractivity contribution is 0.202. The van der Waals surface area contributed by atoms with Crippen molar-refractivity contribution in [3.63, 3.8) is 0 Å². The summed E-state index contributed by atoms with van der Waals surface area (Å²) in [5.74, 6) is 5.33. The Morgan fingerprint density at radius 1 is 1.56 bits per heavy atom. The number of thiazole rings is 1. The van der Waals surface area contributed by atoms with Gasteiger partial charge in [0, 0.05) is 23.7 Å². The minimum atomic E-state index is 0.779. The van der Waals surface area contributed by atoms with Gasteiger partial charge in [-0.05, 0) is 19.4 Å². The number of anilines is 1. The molecule has 5 heteroatoms. The molecule has 16 heavy (non-hydrogen) atoms. The molecular formula is C11H20N4S. The first-order chi connectivity index (χ1) is 7.83. The lowest BCUT2D eigenvalue weighted by Crippen LogP contribution is -2.32. The van der Waals surface area contributed by atoms with E-state index in [0.29, 0.717) is 0 Å². The highest BCUT2D eigenvalue weighted by Gasteiger charge is 2.21. The average molecular weight is 240 g/mol. The second-order valence-corrected chi connectivity index (χ2v) is 5.39. The van der Waals surface area contributed by atoms with Crippen LogP contribution in [-0.4, -0.2) is 22.5 Å². The quantitative estimate of drug-likeness (QED) is 0.612. The molecular weight excluding hydrogens is 220 g/mol. The van der Waals surface area contributed by atoms with Crippen molar-refractivity contribution in [2.75, 3.05) is 12.0 Å². The molecule has 0 radical (unpaired) electrons. The van der Waals surface area contributed by atoms with Crippen LogP contribution in [0.25, 0.3) is 0 Å². The number of hydrazine groups is 1. The Balaban J connectivity index is 1.94. The standard InChI is InChI=1S/C11H20N4S/c1-2-15(9-5-3-4-6-9)8-10-7-13-11(14-12)16-10/h7,9H,2-6,8,12H2,1H3,(H,13,14). The maximum absolute atomic E-state index is 5.33. The van der Waals surface area contributed by atoms with Crippen LogP contribution < -0.4 is 11.3 Å². The van der Waals surface area contributed by atoms with Crippen LogP contribution >= 0.6 is 11.3 Å². The summed E-state index contributed by atoms with van der Waals surface area (Å²) in [4.78, 5) is 8.05. The number of rotatable bonds is 5. The van der Waals surface area contributed by atoms with Gasteiger partial charge >= 0.3 is 0 Å². The van der Waals surface area contributed by atoms with Crippen molar-refractivity contribution in [2.24, 2.45) is 5.84 Å². The van der Waals surface area contributed by atoms with E-state index in [-0.39, 0.29) is 0 Å². The van der Waals surface area contributed by atoms with Gasteiger partial charge in [0.25, 0.3) is 0 Å². The Morgan fingerprint density at radius 2 is 2.31 bits per heavy atom. The van der Waals surface area contributed by atoms with Gasteiger partial charge in [-0.1, -0.05) is 31.1 Å². The first-order valence-corrected chi connectivity index (χ1v) is 6.80. The smallest absolute Gasteiger partial charge is 0.197 e. The van der Waals surface area contributed by atoms with Gasteiger partial charge in [-0.25, -0.2) is 10.8 Å². The maximum Gasteiger partial charge on any atom is 0.197 e. The summed E-state index contributed by atoms with van der Waals surface area (Å²) in [5.41, 5.74) is 2.60. The molecule has 0 spiro atoms. The number of nitrogens with one attached hydrogen (secondary N) is 1. The molecule has 1 heterocycles. The highest BCUT2D eigenvalue weighted by atomic mass is 32.1. The molecule has 4 nitrogen and oxygen atoms in total. The third kappa shape index (κ3) is 2.72. The van der Waals surface area contributed by atoms with Gasteiger partial charge in [-0.3, -0.25) is 10.3 Å². The van der Waals surface area contributed by atoms with E-state index in [0.717, 1.165) is 24.3 Å². The SMILES string of the molecule is CCN(Cc1cnc(NN)s1)C1CCCC1.